The van der Waals surface area contributed by atoms with Crippen molar-refractivity contribution >= 4 is 39.7 Å². The fourth-order valence-electron chi connectivity index (χ4n) is 10.4. The highest BCUT2D eigenvalue weighted by atomic mass is 16.5. The number of carbonyl (C=O) groups is 3. The zero-order chi connectivity index (χ0) is 42.7. The maximum atomic E-state index is 14.5. The number of H-pyrrole nitrogens is 2. The minimum absolute atomic E-state index is 0.0188. The Bertz CT molecular complexity index is 2470. The van der Waals surface area contributed by atoms with Crippen LogP contribution >= 0.6 is 0 Å². The lowest BCUT2D eigenvalue weighted by Gasteiger charge is -2.39. The van der Waals surface area contributed by atoms with Gasteiger partial charge < -0.3 is 39.3 Å². The molecule has 8 atom stereocenters. The van der Waals surface area contributed by atoms with Gasteiger partial charge in [-0.25, -0.2) is 14.8 Å². The summed E-state index contributed by atoms with van der Waals surface area (Å²) in [7, 11) is 1.32. The summed E-state index contributed by atoms with van der Waals surface area (Å²) in [6, 6.07) is 14.0. The van der Waals surface area contributed by atoms with Gasteiger partial charge in [0.2, 0.25) is 11.8 Å². The summed E-state index contributed by atoms with van der Waals surface area (Å²) in [4.78, 5) is 61.4. The zero-order valence-electron chi connectivity index (χ0n) is 36.3. The molecule has 4 aliphatic rings. The lowest BCUT2D eigenvalue weighted by molar-refractivity contribution is -0.140. The number of nitrogens with zero attached hydrogens (tertiary/aromatic N) is 4. The molecule has 0 saturated carbocycles. The van der Waals surface area contributed by atoms with Gasteiger partial charge in [-0.2, -0.15) is 0 Å². The Morgan fingerprint density at radius 1 is 0.918 bits per heavy atom. The number of hydrogen-bond acceptors (Lipinski definition) is 8. The Balaban J connectivity index is 0.960. The molecule has 9 rings (SSSR count). The van der Waals surface area contributed by atoms with Gasteiger partial charge >= 0.3 is 6.09 Å². The van der Waals surface area contributed by atoms with E-state index in [9.17, 15) is 14.4 Å². The van der Waals surface area contributed by atoms with Gasteiger partial charge in [-0.3, -0.25) is 9.59 Å². The Hall–Kier alpha value is -5.43. The number of nitrogens with one attached hydrogen (secondary N) is 3. The largest absolute Gasteiger partial charge is 0.488 e. The van der Waals surface area contributed by atoms with Crippen LogP contribution in [0, 0.1) is 18.3 Å². The number of ether oxygens (including phenoxy) is 3. The smallest absolute Gasteiger partial charge is 0.407 e. The minimum Gasteiger partial charge on any atom is -0.488 e. The van der Waals surface area contributed by atoms with Crippen LogP contribution in [0.4, 0.5) is 4.79 Å². The lowest BCUT2D eigenvalue weighted by atomic mass is 9.85. The molecule has 61 heavy (non-hydrogen) atoms. The molecule has 0 bridgehead atoms. The number of benzene rings is 3. The standard InChI is InChI=1S/C48H58N7O6/c1-8-25(2)17-42(56)54-26(3)9-16-40(54)46-50-37-14-12-30-21-36-34-13-11-31(20-33(34)24-60-41(36)22-35(30)44(37)52-46)38-23-49-45(51-38)39-15-10-27(4)55(39)47(57)43(53-48(58)59-7)32-18-28(5)61-29(6)19-32/h11-14,17,20-23,25-29,32,39-40,43H,8-10,15-16,18-19,24H2,1-7H3,(H,49,51)(H,50,52)(H,53,58)/t25-,26+,27+,28-,29-,39+,40+,43+/m1/s1. The normalized spacial score (nSPS) is 25.9. The van der Waals surface area contributed by atoms with Crippen molar-refractivity contribution in [2.75, 3.05) is 7.11 Å². The first-order valence-electron chi connectivity index (χ1n) is 22.2. The quantitative estimate of drug-likeness (QED) is 0.133. The highest BCUT2D eigenvalue weighted by Gasteiger charge is 2.44. The summed E-state index contributed by atoms with van der Waals surface area (Å²) in [5, 5.41) is 5.00. The molecule has 3 N–H and O–H groups in total. The fourth-order valence-corrected chi connectivity index (χ4v) is 10.4. The third-order valence-corrected chi connectivity index (χ3v) is 13.8. The summed E-state index contributed by atoms with van der Waals surface area (Å²) in [5.74, 6) is 2.49. The van der Waals surface area contributed by atoms with Crippen molar-refractivity contribution in [2.24, 2.45) is 11.8 Å². The lowest BCUT2D eigenvalue weighted by Crippen LogP contribution is -2.55. The van der Waals surface area contributed by atoms with Crippen LogP contribution in [0.15, 0.2) is 48.7 Å². The molecule has 13 heteroatoms. The number of methoxy groups -OCH3 is 1. The molecular formula is C48H58N7O6. The average Bonchev–Trinajstić information content (AvgIpc) is 4.07. The summed E-state index contributed by atoms with van der Waals surface area (Å²) in [6.45, 7) is 12.8. The van der Waals surface area contributed by atoms with Crippen molar-refractivity contribution < 1.29 is 28.6 Å². The van der Waals surface area contributed by atoms with Crippen molar-refractivity contribution in [1.29, 1.82) is 0 Å². The fraction of sp³-hybridized carbons (Fsp3) is 0.500. The second kappa shape index (κ2) is 16.4. The number of alkyl carbamates (subject to hydrolysis) is 1. The molecule has 0 unspecified atom stereocenters. The Morgan fingerprint density at radius 2 is 1.66 bits per heavy atom. The first-order chi connectivity index (χ1) is 29.4. The predicted octanol–water partition coefficient (Wildman–Crippen LogP) is 8.95. The Kier molecular flexibility index (Phi) is 11.0. The van der Waals surface area contributed by atoms with Gasteiger partial charge in [0.25, 0.3) is 0 Å². The molecule has 321 valence electrons. The van der Waals surface area contributed by atoms with E-state index < -0.39 is 12.1 Å². The predicted molar refractivity (Wildman–Crippen MR) is 233 cm³/mol. The van der Waals surface area contributed by atoms with E-state index in [1.165, 1.54) is 7.11 Å². The van der Waals surface area contributed by atoms with Crippen LogP contribution in [0.5, 0.6) is 5.75 Å². The van der Waals surface area contributed by atoms with Crippen molar-refractivity contribution in [1.82, 2.24) is 35.1 Å². The molecule has 1 radical (unpaired) electrons. The highest BCUT2D eigenvalue weighted by Crippen LogP contribution is 2.44. The van der Waals surface area contributed by atoms with E-state index >= 15 is 0 Å². The Labute approximate surface area is 357 Å². The molecule has 6 heterocycles. The van der Waals surface area contributed by atoms with Crippen LogP contribution in [0.25, 0.3) is 44.2 Å². The molecule has 0 aliphatic carbocycles. The number of rotatable bonds is 9. The molecule has 5 aromatic rings. The first kappa shape index (κ1) is 40.9. The van der Waals surface area contributed by atoms with E-state index in [2.05, 4.69) is 85.4 Å². The number of hydrogen-bond donors (Lipinski definition) is 3. The second-order valence-electron chi connectivity index (χ2n) is 18.0. The van der Waals surface area contributed by atoms with Crippen molar-refractivity contribution in [3.8, 4) is 28.1 Å². The number of fused-ring (bicyclic) bond motifs is 6. The van der Waals surface area contributed by atoms with Crippen molar-refractivity contribution in [3.63, 3.8) is 0 Å². The van der Waals surface area contributed by atoms with Gasteiger partial charge in [0, 0.05) is 23.0 Å². The molecule has 3 saturated heterocycles. The minimum atomic E-state index is -0.732. The van der Waals surface area contributed by atoms with Crippen LogP contribution in [-0.2, 0) is 25.7 Å². The zero-order valence-corrected chi connectivity index (χ0v) is 36.3. The van der Waals surface area contributed by atoms with E-state index in [0.29, 0.717) is 19.4 Å². The number of aromatic nitrogens is 4. The van der Waals surface area contributed by atoms with Gasteiger partial charge in [-0.1, -0.05) is 38.5 Å². The second-order valence-corrected chi connectivity index (χ2v) is 18.0. The summed E-state index contributed by atoms with van der Waals surface area (Å²) in [6.07, 6.45) is 8.72. The first-order valence-corrected chi connectivity index (χ1v) is 22.2. The summed E-state index contributed by atoms with van der Waals surface area (Å²) in [5.41, 5.74) is 6.89. The number of amides is 3. The highest BCUT2D eigenvalue weighted by molar-refractivity contribution is 6.07. The van der Waals surface area contributed by atoms with E-state index in [0.717, 1.165) is 99.3 Å². The number of likely N-dealkylation sites (tertiary alicyclic amines) is 2. The van der Waals surface area contributed by atoms with Crippen LogP contribution in [0.2, 0.25) is 0 Å². The van der Waals surface area contributed by atoms with E-state index in [-0.39, 0.29) is 60.0 Å². The maximum absolute atomic E-state index is 14.5. The Morgan fingerprint density at radius 3 is 2.39 bits per heavy atom. The van der Waals surface area contributed by atoms with E-state index in [1.807, 2.05) is 36.3 Å². The van der Waals surface area contributed by atoms with Gasteiger partial charge in [0.05, 0.1) is 60.7 Å². The topological polar surface area (TPSA) is 155 Å². The van der Waals surface area contributed by atoms with Crippen LogP contribution in [-0.4, -0.2) is 85.1 Å². The average molecular weight is 829 g/mol. The number of imidazole rings is 2. The number of aromatic amines is 2. The summed E-state index contributed by atoms with van der Waals surface area (Å²) >= 11 is 0. The summed E-state index contributed by atoms with van der Waals surface area (Å²) < 4.78 is 17.4. The third-order valence-electron chi connectivity index (χ3n) is 13.8. The van der Waals surface area contributed by atoms with Crippen LogP contribution in [0.1, 0.15) is 116 Å². The molecular weight excluding hydrogens is 771 g/mol. The third kappa shape index (κ3) is 7.63. The molecule has 3 amide bonds. The van der Waals surface area contributed by atoms with Gasteiger partial charge in [-0.15, -0.1) is 0 Å². The van der Waals surface area contributed by atoms with Crippen molar-refractivity contribution in [2.45, 2.75) is 136 Å². The van der Waals surface area contributed by atoms with E-state index in [4.69, 9.17) is 24.2 Å². The molecule has 0 spiro atoms. The molecule has 4 aliphatic heterocycles. The van der Waals surface area contributed by atoms with Crippen LogP contribution < -0.4 is 10.1 Å². The van der Waals surface area contributed by atoms with Gasteiger partial charge in [0.1, 0.15) is 30.0 Å². The molecule has 2 aromatic heterocycles. The van der Waals surface area contributed by atoms with E-state index in [1.54, 1.807) is 0 Å². The molecule has 3 aromatic carbocycles. The maximum Gasteiger partial charge on any atom is 0.407 e. The van der Waals surface area contributed by atoms with Gasteiger partial charge in [0.15, 0.2) is 0 Å². The molecule has 3 fully saturated rings. The van der Waals surface area contributed by atoms with Gasteiger partial charge in [-0.05, 0) is 124 Å². The van der Waals surface area contributed by atoms with Crippen LogP contribution in [0.3, 0.4) is 0 Å². The number of carbonyl (C=O) groups excluding carboxylic acids is 3. The monoisotopic (exact) mass is 828 g/mol. The van der Waals surface area contributed by atoms with Crippen molar-refractivity contribution in [3.05, 3.63) is 72.3 Å². The molecule has 13 nitrogen and oxygen atoms in total. The SMILES string of the molecule is CC[C@@H](C)[CH]C(=O)N1[C@@H](C)CC[C@H]1c1nc2ccc3cc4c(cc3c2[nH]1)OCc1cc(-c2cnc([C@@H]3CC[C@H](C)N3C(=O)[C@@H](NC(=O)OC)C3C[C@@H](C)O[C@H](C)C3)[nH]2)ccc1-4.